The maximum absolute atomic E-state index is 13.9. The molecule has 170 valence electrons. The zero-order chi connectivity index (χ0) is 23.4. The number of hydrogen-bond donors (Lipinski definition) is 1. The first-order valence-corrected chi connectivity index (χ1v) is 10.8. The fourth-order valence-electron chi connectivity index (χ4n) is 3.95. The maximum atomic E-state index is 13.9. The van der Waals surface area contributed by atoms with Crippen molar-refractivity contribution >= 4 is 5.97 Å². The van der Waals surface area contributed by atoms with Gasteiger partial charge in [-0.2, -0.15) is 0 Å². The number of alkyl halides is 2. The molecule has 1 N–H and O–H groups in total. The molecule has 3 rings (SSSR count). The molecule has 0 aliphatic carbocycles. The first kappa shape index (κ1) is 23.4. The molecular weight excluding hydrogens is 414 g/mol. The van der Waals surface area contributed by atoms with Gasteiger partial charge >= 0.3 is 11.7 Å². The third-order valence-corrected chi connectivity index (χ3v) is 5.62. The molecule has 0 aliphatic heterocycles. The molecule has 0 fully saturated rings. The third-order valence-electron chi connectivity index (χ3n) is 5.62. The molecule has 7 heteroatoms. The first-order valence-electron chi connectivity index (χ1n) is 10.8. The summed E-state index contributed by atoms with van der Waals surface area (Å²) in [5.41, 5.74) is 2.09. The van der Waals surface area contributed by atoms with E-state index >= 15 is 0 Å². The lowest BCUT2D eigenvalue weighted by atomic mass is 9.98. The lowest BCUT2D eigenvalue weighted by molar-refractivity contribution is 0.0697. The number of aromatic nitrogens is 2. The Labute approximate surface area is 185 Å². The van der Waals surface area contributed by atoms with E-state index in [0.717, 1.165) is 15.7 Å². The fraction of sp³-hybridized carbons (Fsp3) is 0.360. The van der Waals surface area contributed by atoms with Crippen LogP contribution in [0.15, 0.2) is 53.3 Å². The van der Waals surface area contributed by atoms with Crippen LogP contribution in [0, 0.1) is 5.92 Å². The number of benzene rings is 2. The molecule has 0 saturated carbocycles. The van der Waals surface area contributed by atoms with Crippen LogP contribution in [0.3, 0.4) is 0 Å². The highest BCUT2D eigenvalue weighted by Gasteiger charge is 2.25. The van der Waals surface area contributed by atoms with E-state index in [2.05, 4.69) is 0 Å². The molecule has 0 amide bonds. The molecule has 0 aliphatic rings. The Bertz CT molecular complexity index is 1140. The van der Waals surface area contributed by atoms with Gasteiger partial charge in [0, 0.05) is 12.2 Å². The topological polar surface area (TPSA) is 64.2 Å². The second-order valence-electron chi connectivity index (χ2n) is 8.23. The SMILES string of the molecule is CCn1c(C(F)F)c(CCC(C)C)n(Cc2ccc(-c3ccccc3C(=O)O)cc2)c1=O. The minimum Gasteiger partial charge on any atom is -0.478 e. The van der Waals surface area contributed by atoms with E-state index in [4.69, 9.17) is 0 Å². The van der Waals surface area contributed by atoms with Gasteiger partial charge in [0.1, 0.15) is 5.69 Å². The van der Waals surface area contributed by atoms with Crippen LogP contribution in [-0.4, -0.2) is 20.2 Å². The van der Waals surface area contributed by atoms with Gasteiger partial charge in [0.2, 0.25) is 0 Å². The first-order chi connectivity index (χ1) is 15.2. The Morgan fingerprint density at radius 1 is 1.03 bits per heavy atom. The van der Waals surface area contributed by atoms with Gasteiger partial charge in [-0.15, -0.1) is 0 Å². The predicted molar refractivity (Wildman–Crippen MR) is 120 cm³/mol. The van der Waals surface area contributed by atoms with Gasteiger partial charge in [0.05, 0.1) is 12.1 Å². The number of nitrogens with zero attached hydrogens (tertiary/aromatic N) is 2. The summed E-state index contributed by atoms with van der Waals surface area (Å²) in [5, 5.41) is 9.42. The molecule has 1 aromatic heterocycles. The van der Waals surface area contributed by atoms with Crippen LogP contribution < -0.4 is 5.69 Å². The maximum Gasteiger partial charge on any atom is 0.336 e. The standard InChI is InChI=1S/C25H28F2N2O3/c1-4-28-22(23(26)27)21(14-9-16(2)3)29(25(28)32)15-17-10-12-18(13-11-17)19-7-5-6-8-20(19)24(30)31/h5-8,10-13,16,23H,4,9,14-15H2,1-3H3,(H,30,31). The number of carbonyl (C=O) groups is 1. The van der Waals surface area contributed by atoms with Crippen LogP contribution in [0.2, 0.25) is 0 Å². The summed E-state index contributed by atoms with van der Waals surface area (Å²) < 4.78 is 30.3. The van der Waals surface area contributed by atoms with E-state index in [1.165, 1.54) is 4.57 Å². The fourth-order valence-corrected chi connectivity index (χ4v) is 3.95. The number of aromatic carboxylic acids is 1. The quantitative estimate of drug-likeness (QED) is 0.469. The van der Waals surface area contributed by atoms with Crippen LogP contribution in [0.25, 0.3) is 11.1 Å². The van der Waals surface area contributed by atoms with Crippen molar-refractivity contribution in [1.29, 1.82) is 0 Å². The van der Waals surface area contributed by atoms with Crippen molar-refractivity contribution < 1.29 is 18.7 Å². The molecule has 0 radical (unpaired) electrons. The zero-order valence-electron chi connectivity index (χ0n) is 18.5. The number of halogens is 2. The Morgan fingerprint density at radius 2 is 1.69 bits per heavy atom. The highest BCUT2D eigenvalue weighted by molar-refractivity contribution is 5.95. The molecule has 3 aromatic rings. The van der Waals surface area contributed by atoms with E-state index in [0.29, 0.717) is 30.0 Å². The van der Waals surface area contributed by atoms with E-state index in [1.54, 1.807) is 55.5 Å². The summed E-state index contributed by atoms with van der Waals surface area (Å²) in [4.78, 5) is 24.4. The van der Waals surface area contributed by atoms with E-state index in [-0.39, 0.29) is 24.3 Å². The summed E-state index contributed by atoms with van der Waals surface area (Å²) in [6, 6.07) is 13.9. The predicted octanol–water partition coefficient (Wildman–Crippen LogP) is 5.61. The van der Waals surface area contributed by atoms with Crippen molar-refractivity contribution in [3.63, 3.8) is 0 Å². The third kappa shape index (κ3) is 4.82. The smallest absolute Gasteiger partial charge is 0.336 e. The Balaban J connectivity index is 1.98. The van der Waals surface area contributed by atoms with Gasteiger partial charge in [0.15, 0.2) is 0 Å². The average Bonchev–Trinajstić information content (AvgIpc) is 3.03. The van der Waals surface area contributed by atoms with Crippen LogP contribution in [0.4, 0.5) is 8.78 Å². The summed E-state index contributed by atoms with van der Waals surface area (Å²) in [5.74, 6) is -0.686. The highest BCUT2D eigenvalue weighted by Crippen LogP contribution is 2.27. The molecule has 0 spiro atoms. The van der Waals surface area contributed by atoms with Gasteiger partial charge in [0.25, 0.3) is 6.43 Å². The summed E-state index contributed by atoms with van der Waals surface area (Å²) in [6.45, 7) is 6.10. The van der Waals surface area contributed by atoms with Gasteiger partial charge < -0.3 is 5.11 Å². The zero-order valence-corrected chi connectivity index (χ0v) is 18.5. The highest BCUT2D eigenvalue weighted by atomic mass is 19.3. The van der Waals surface area contributed by atoms with Crippen molar-refractivity contribution in [2.75, 3.05) is 0 Å². The largest absolute Gasteiger partial charge is 0.478 e. The molecule has 0 bridgehead atoms. The number of hydrogen-bond acceptors (Lipinski definition) is 2. The molecule has 2 aromatic carbocycles. The van der Waals surface area contributed by atoms with Gasteiger partial charge in [-0.3, -0.25) is 9.13 Å². The minimum absolute atomic E-state index is 0.180. The molecule has 0 unspecified atom stereocenters. The van der Waals surface area contributed by atoms with Crippen molar-refractivity contribution in [1.82, 2.24) is 9.13 Å². The second kappa shape index (κ2) is 9.94. The van der Waals surface area contributed by atoms with Gasteiger partial charge in [-0.05, 0) is 48.4 Å². The van der Waals surface area contributed by atoms with Gasteiger partial charge in [-0.25, -0.2) is 18.4 Å². The number of carboxylic acid groups (broad SMARTS) is 1. The lowest BCUT2D eigenvalue weighted by Crippen LogP contribution is -2.25. The van der Waals surface area contributed by atoms with Crippen LogP contribution in [-0.2, 0) is 19.5 Å². The Hall–Kier alpha value is -3.22. The number of carboxylic acids is 1. The summed E-state index contributed by atoms with van der Waals surface area (Å²) in [7, 11) is 0. The molecule has 1 heterocycles. The minimum atomic E-state index is -2.72. The van der Waals surface area contributed by atoms with Gasteiger partial charge in [-0.1, -0.05) is 56.3 Å². The Morgan fingerprint density at radius 3 is 2.25 bits per heavy atom. The van der Waals surface area contributed by atoms with Crippen molar-refractivity contribution in [2.24, 2.45) is 5.92 Å². The van der Waals surface area contributed by atoms with Crippen molar-refractivity contribution in [3.05, 3.63) is 81.5 Å². The lowest BCUT2D eigenvalue weighted by Gasteiger charge is -2.12. The average molecular weight is 443 g/mol. The molecule has 0 saturated heterocycles. The molecule has 5 nitrogen and oxygen atoms in total. The van der Waals surface area contributed by atoms with E-state index in [9.17, 15) is 23.5 Å². The molecule has 0 atom stereocenters. The van der Waals surface area contributed by atoms with Crippen LogP contribution in [0.1, 0.15) is 60.9 Å². The summed E-state index contributed by atoms with van der Waals surface area (Å²) in [6.07, 6.45) is -1.61. The van der Waals surface area contributed by atoms with Crippen molar-refractivity contribution in [2.45, 2.75) is 53.1 Å². The number of rotatable bonds is 9. The molecule has 32 heavy (non-hydrogen) atoms. The van der Waals surface area contributed by atoms with E-state index < -0.39 is 18.1 Å². The van der Waals surface area contributed by atoms with Crippen LogP contribution in [0.5, 0.6) is 0 Å². The molecular formula is C25H28F2N2O3. The van der Waals surface area contributed by atoms with Crippen LogP contribution >= 0.6 is 0 Å². The summed E-state index contributed by atoms with van der Waals surface area (Å²) >= 11 is 0. The normalized spacial score (nSPS) is 11.5. The monoisotopic (exact) mass is 442 g/mol. The van der Waals surface area contributed by atoms with Crippen molar-refractivity contribution in [3.8, 4) is 11.1 Å². The van der Waals surface area contributed by atoms with E-state index in [1.807, 2.05) is 13.8 Å². The number of imidazole rings is 1. The Kier molecular flexibility index (Phi) is 7.28. The second-order valence-corrected chi connectivity index (χ2v) is 8.23.